The number of H-pyrrole nitrogens is 1. The topological polar surface area (TPSA) is 100 Å². The number of carbonyl (C=O) groups excluding carboxylic acids is 2. The van der Waals surface area contributed by atoms with Gasteiger partial charge in [-0.1, -0.05) is 11.6 Å². The van der Waals surface area contributed by atoms with Gasteiger partial charge in [0.25, 0.3) is 0 Å². The van der Waals surface area contributed by atoms with Crippen LogP contribution in [-0.4, -0.2) is 40.4 Å². The van der Waals surface area contributed by atoms with Crippen molar-refractivity contribution >= 4 is 46.0 Å². The van der Waals surface area contributed by atoms with E-state index in [9.17, 15) is 9.59 Å². The molecule has 8 nitrogen and oxygen atoms in total. The SMILES string of the molecule is CN1CCC(=O)Nc2cc(C(=O)OCc3nc4nc(Cl)ccc4[nH]3)ccc21. The lowest BCUT2D eigenvalue weighted by atomic mass is 10.1. The smallest absolute Gasteiger partial charge is 0.338 e. The lowest BCUT2D eigenvalue weighted by molar-refractivity contribution is -0.115. The van der Waals surface area contributed by atoms with Gasteiger partial charge in [0.1, 0.15) is 17.6 Å². The molecule has 2 aromatic heterocycles. The number of aromatic nitrogens is 3. The fourth-order valence-corrected chi connectivity index (χ4v) is 3.05. The molecular weight excluding hydrogens is 370 g/mol. The lowest BCUT2D eigenvalue weighted by Gasteiger charge is -2.18. The Labute approximate surface area is 159 Å². The number of hydrogen-bond acceptors (Lipinski definition) is 6. The van der Waals surface area contributed by atoms with Gasteiger partial charge < -0.3 is 19.9 Å². The third-order valence-electron chi connectivity index (χ3n) is 4.29. The number of ether oxygens (including phenoxy) is 1. The van der Waals surface area contributed by atoms with Crippen LogP contribution >= 0.6 is 11.6 Å². The highest BCUT2D eigenvalue weighted by atomic mass is 35.5. The number of imidazole rings is 1. The predicted octanol–water partition coefficient (Wildman–Crippen LogP) is 2.75. The fourth-order valence-electron chi connectivity index (χ4n) is 2.90. The van der Waals surface area contributed by atoms with Crippen molar-refractivity contribution in [2.45, 2.75) is 13.0 Å². The van der Waals surface area contributed by atoms with Crippen LogP contribution in [0.3, 0.4) is 0 Å². The number of pyridine rings is 1. The number of anilines is 2. The molecule has 0 saturated carbocycles. The summed E-state index contributed by atoms with van der Waals surface area (Å²) in [5.74, 6) is -0.124. The lowest BCUT2D eigenvalue weighted by Crippen LogP contribution is -2.18. The van der Waals surface area contributed by atoms with Crippen molar-refractivity contribution < 1.29 is 14.3 Å². The van der Waals surface area contributed by atoms with Crippen LogP contribution in [0.2, 0.25) is 5.15 Å². The van der Waals surface area contributed by atoms with Crippen LogP contribution in [-0.2, 0) is 16.1 Å². The van der Waals surface area contributed by atoms with Gasteiger partial charge in [-0.25, -0.2) is 14.8 Å². The predicted molar refractivity (Wildman–Crippen MR) is 101 cm³/mol. The van der Waals surface area contributed by atoms with E-state index in [1.165, 1.54) is 0 Å². The molecule has 9 heteroatoms. The molecule has 0 aliphatic carbocycles. The van der Waals surface area contributed by atoms with Crippen LogP contribution < -0.4 is 10.2 Å². The summed E-state index contributed by atoms with van der Waals surface area (Å²) in [6, 6.07) is 8.50. The number of fused-ring (bicyclic) bond motifs is 2. The minimum atomic E-state index is -0.509. The summed E-state index contributed by atoms with van der Waals surface area (Å²) in [5, 5.41) is 3.16. The molecule has 3 aromatic rings. The molecule has 0 unspecified atom stereocenters. The van der Waals surface area contributed by atoms with Crippen molar-refractivity contribution in [2.24, 2.45) is 0 Å². The van der Waals surface area contributed by atoms with Crippen molar-refractivity contribution in [3.05, 3.63) is 46.9 Å². The molecule has 138 valence electrons. The van der Waals surface area contributed by atoms with E-state index in [0.717, 1.165) is 5.69 Å². The molecule has 0 bridgehead atoms. The third kappa shape index (κ3) is 3.56. The van der Waals surface area contributed by atoms with Gasteiger partial charge in [0, 0.05) is 20.0 Å². The monoisotopic (exact) mass is 385 g/mol. The molecule has 0 fully saturated rings. The highest BCUT2D eigenvalue weighted by molar-refractivity contribution is 6.29. The van der Waals surface area contributed by atoms with E-state index >= 15 is 0 Å². The van der Waals surface area contributed by atoms with Crippen LogP contribution in [0.4, 0.5) is 11.4 Å². The van der Waals surface area contributed by atoms with Gasteiger partial charge in [-0.15, -0.1) is 0 Å². The zero-order valence-electron chi connectivity index (χ0n) is 14.5. The number of benzene rings is 1. The zero-order chi connectivity index (χ0) is 19.0. The van der Waals surface area contributed by atoms with E-state index in [2.05, 4.69) is 20.3 Å². The third-order valence-corrected chi connectivity index (χ3v) is 4.50. The maximum Gasteiger partial charge on any atom is 0.338 e. The summed E-state index contributed by atoms with van der Waals surface area (Å²) in [7, 11) is 1.90. The largest absolute Gasteiger partial charge is 0.454 e. The maximum atomic E-state index is 12.4. The van der Waals surface area contributed by atoms with Crippen molar-refractivity contribution in [3.8, 4) is 0 Å². The first-order valence-electron chi connectivity index (χ1n) is 8.33. The number of carbonyl (C=O) groups is 2. The number of esters is 1. The average Bonchev–Trinajstić information content (AvgIpc) is 2.99. The minimum Gasteiger partial charge on any atom is -0.454 e. The van der Waals surface area contributed by atoms with Crippen LogP contribution in [0.25, 0.3) is 11.2 Å². The van der Waals surface area contributed by atoms with Gasteiger partial charge in [-0.05, 0) is 30.3 Å². The zero-order valence-corrected chi connectivity index (χ0v) is 15.2. The normalized spacial score (nSPS) is 13.9. The molecule has 27 heavy (non-hydrogen) atoms. The number of nitrogens with one attached hydrogen (secondary N) is 2. The molecular formula is C18H16ClN5O3. The van der Waals surface area contributed by atoms with Crippen molar-refractivity contribution in [1.29, 1.82) is 0 Å². The summed E-state index contributed by atoms with van der Waals surface area (Å²) < 4.78 is 5.33. The number of rotatable bonds is 3. The second-order valence-corrected chi connectivity index (χ2v) is 6.60. The van der Waals surface area contributed by atoms with E-state index < -0.39 is 5.97 Å². The Kier molecular flexibility index (Phi) is 4.41. The first-order chi connectivity index (χ1) is 13.0. The Hall–Kier alpha value is -3.13. The van der Waals surface area contributed by atoms with Crippen LogP contribution in [0, 0.1) is 0 Å². The Morgan fingerprint density at radius 1 is 1.30 bits per heavy atom. The van der Waals surface area contributed by atoms with E-state index in [-0.39, 0.29) is 12.5 Å². The molecule has 2 N–H and O–H groups in total. The number of aromatic amines is 1. The summed E-state index contributed by atoms with van der Waals surface area (Å²) in [5.41, 5.74) is 2.97. The molecule has 3 heterocycles. The Balaban J connectivity index is 1.50. The van der Waals surface area contributed by atoms with Gasteiger partial charge >= 0.3 is 5.97 Å². The highest BCUT2D eigenvalue weighted by Gasteiger charge is 2.19. The molecule has 0 spiro atoms. The molecule has 1 aliphatic heterocycles. The van der Waals surface area contributed by atoms with E-state index in [1.807, 2.05) is 11.9 Å². The Bertz CT molecular complexity index is 1050. The molecule has 1 aliphatic rings. The fraction of sp³-hybridized carbons (Fsp3) is 0.222. The van der Waals surface area contributed by atoms with Gasteiger partial charge in [0.05, 0.1) is 22.5 Å². The Morgan fingerprint density at radius 3 is 3.00 bits per heavy atom. The van der Waals surface area contributed by atoms with Crippen molar-refractivity contribution in [1.82, 2.24) is 15.0 Å². The molecule has 1 amide bonds. The number of hydrogen-bond donors (Lipinski definition) is 2. The molecule has 4 rings (SSSR count). The van der Waals surface area contributed by atoms with Gasteiger partial charge in [0.2, 0.25) is 5.91 Å². The molecule has 0 atom stereocenters. The second kappa shape index (κ2) is 6.88. The van der Waals surface area contributed by atoms with Crippen molar-refractivity contribution in [2.75, 3.05) is 23.8 Å². The summed E-state index contributed by atoms with van der Waals surface area (Å²) in [6.45, 7) is 0.586. The summed E-state index contributed by atoms with van der Waals surface area (Å²) >= 11 is 5.84. The van der Waals surface area contributed by atoms with Gasteiger partial charge in [-0.2, -0.15) is 0 Å². The first kappa shape index (κ1) is 17.3. The standard InChI is InChI=1S/C18H16ClN5O3/c1-24-7-6-16(25)21-12-8-10(2-4-13(12)24)18(26)27-9-15-20-11-3-5-14(19)22-17(11)23-15/h2-5,8H,6-7,9H2,1H3,(H,21,25)(H,20,22,23). The second-order valence-electron chi connectivity index (χ2n) is 6.22. The van der Waals surface area contributed by atoms with Crippen LogP contribution in [0.5, 0.6) is 0 Å². The van der Waals surface area contributed by atoms with E-state index in [1.54, 1.807) is 30.3 Å². The average molecular weight is 386 g/mol. The van der Waals surface area contributed by atoms with E-state index in [0.29, 0.717) is 46.4 Å². The first-order valence-corrected chi connectivity index (χ1v) is 8.71. The number of amides is 1. The minimum absolute atomic E-state index is 0.0316. The van der Waals surface area contributed by atoms with Crippen LogP contribution in [0.1, 0.15) is 22.6 Å². The van der Waals surface area contributed by atoms with Gasteiger partial charge in [-0.3, -0.25) is 4.79 Å². The number of nitrogens with zero attached hydrogens (tertiary/aromatic N) is 3. The molecule has 0 radical (unpaired) electrons. The van der Waals surface area contributed by atoms with E-state index in [4.69, 9.17) is 16.3 Å². The quantitative estimate of drug-likeness (QED) is 0.531. The highest BCUT2D eigenvalue weighted by Crippen LogP contribution is 2.29. The maximum absolute atomic E-state index is 12.4. The number of halogens is 1. The van der Waals surface area contributed by atoms with Gasteiger partial charge in [0.15, 0.2) is 5.65 Å². The summed E-state index contributed by atoms with van der Waals surface area (Å²) in [4.78, 5) is 37.5. The van der Waals surface area contributed by atoms with Crippen LogP contribution in [0.15, 0.2) is 30.3 Å². The van der Waals surface area contributed by atoms with Crippen molar-refractivity contribution in [3.63, 3.8) is 0 Å². The molecule has 0 saturated heterocycles. The molecule has 1 aromatic carbocycles. The Morgan fingerprint density at radius 2 is 2.15 bits per heavy atom. The summed E-state index contributed by atoms with van der Waals surface area (Å²) in [6.07, 6.45) is 0.398.